The van der Waals surface area contributed by atoms with Gasteiger partial charge < -0.3 is 15.5 Å². The fourth-order valence-electron chi connectivity index (χ4n) is 3.31. The highest BCUT2D eigenvalue weighted by molar-refractivity contribution is 5.97. The van der Waals surface area contributed by atoms with Crippen LogP contribution in [0.25, 0.3) is 0 Å². The smallest absolute Gasteiger partial charge is 0.252 e. The van der Waals surface area contributed by atoms with Gasteiger partial charge in [-0.05, 0) is 37.6 Å². The number of rotatable bonds is 5. The Morgan fingerprint density at radius 3 is 2.12 bits per heavy atom. The van der Waals surface area contributed by atoms with Crippen LogP contribution in [0.1, 0.15) is 34.8 Å². The van der Waals surface area contributed by atoms with Crippen LogP contribution in [0, 0.1) is 0 Å². The molecule has 26 heavy (non-hydrogen) atoms. The van der Waals surface area contributed by atoms with E-state index in [4.69, 9.17) is 0 Å². The third-order valence-electron chi connectivity index (χ3n) is 4.91. The van der Waals surface area contributed by atoms with Gasteiger partial charge in [-0.15, -0.1) is 0 Å². The molecule has 1 heterocycles. The van der Waals surface area contributed by atoms with Crippen molar-refractivity contribution in [3.63, 3.8) is 0 Å². The first-order chi connectivity index (χ1) is 12.7. The molecule has 136 valence electrons. The van der Waals surface area contributed by atoms with Crippen molar-refractivity contribution in [3.05, 3.63) is 71.8 Å². The van der Waals surface area contributed by atoms with Gasteiger partial charge in [-0.25, -0.2) is 0 Å². The van der Waals surface area contributed by atoms with E-state index in [0.29, 0.717) is 24.7 Å². The number of carbonyl (C=O) groups is 2. The zero-order valence-corrected chi connectivity index (χ0v) is 15.0. The van der Waals surface area contributed by atoms with Crippen molar-refractivity contribution in [2.75, 3.05) is 20.1 Å². The average Bonchev–Trinajstić information content (AvgIpc) is 2.72. The molecule has 3 rings (SSSR count). The number of hydrogen-bond donors (Lipinski definition) is 2. The third kappa shape index (κ3) is 4.29. The summed E-state index contributed by atoms with van der Waals surface area (Å²) in [5, 5.41) is 6.20. The molecule has 0 bridgehead atoms. The van der Waals surface area contributed by atoms with E-state index in [-0.39, 0.29) is 11.8 Å². The van der Waals surface area contributed by atoms with E-state index in [1.165, 1.54) is 0 Å². The van der Waals surface area contributed by atoms with Gasteiger partial charge >= 0.3 is 0 Å². The van der Waals surface area contributed by atoms with Crippen LogP contribution in [-0.4, -0.2) is 42.9 Å². The van der Waals surface area contributed by atoms with Crippen molar-refractivity contribution in [1.29, 1.82) is 0 Å². The van der Waals surface area contributed by atoms with E-state index in [0.717, 1.165) is 18.4 Å². The predicted molar refractivity (Wildman–Crippen MR) is 102 cm³/mol. The van der Waals surface area contributed by atoms with Crippen LogP contribution in [-0.2, 0) is 4.79 Å². The summed E-state index contributed by atoms with van der Waals surface area (Å²) < 4.78 is 0. The lowest BCUT2D eigenvalue weighted by Crippen LogP contribution is -2.48. The second-order valence-corrected chi connectivity index (χ2v) is 6.57. The Bertz CT molecular complexity index is 725. The highest BCUT2D eigenvalue weighted by Crippen LogP contribution is 2.20. The summed E-state index contributed by atoms with van der Waals surface area (Å²) in [6, 6.07) is 18.2. The minimum atomic E-state index is -0.671. The van der Waals surface area contributed by atoms with Crippen LogP contribution < -0.4 is 10.6 Å². The molecule has 1 saturated heterocycles. The van der Waals surface area contributed by atoms with Gasteiger partial charge in [-0.3, -0.25) is 9.59 Å². The number of benzene rings is 2. The number of nitrogens with zero attached hydrogens (tertiary/aromatic N) is 1. The van der Waals surface area contributed by atoms with Crippen molar-refractivity contribution in [3.8, 4) is 0 Å². The van der Waals surface area contributed by atoms with E-state index in [9.17, 15) is 9.59 Å². The monoisotopic (exact) mass is 351 g/mol. The maximum atomic E-state index is 13.2. The molecule has 2 N–H and O–H groups in total. The molecule has 0 saturated carbocycles. The van der Waals surface area contributed by atoms with Crippen molar-refractivity contribution in [1.82, 2.24) is 15.5 Å². The SMILES string of the molecule is CNC1CCN(C(=O)C(NC(=O)c2ccccc2)c2ccccc2)CC1. The van der Waals surface area contributed by atoms with Gasteiger partial charge in [0.2, 0.25) is 5.91 Å². The molecule has 2 aromatic rings. The molecule has 5 heteroatoms. The van der Waals surface area contributed by atoms with Crippen LogP contribution in [0.3, 0.4) is 0 Å². The lowest BCUT2D eigenvalue weighted by Gasteiger charge is -2.34. The zero-order valence-electron chi connectivity index (χ0n) is 15.0. The van der Waals surface area contributed by atoms with Crippen LogP contribution in [0.15, 0.2) is 60.7 Å². The Balaban J connectivity index is 1.78. The molecule has 1 fully saturated rings. The molecule has 0 aliphatic carbocycles. The molecule has 2 aromatic carbocycles. The van der Waals surface area contributed by atoms with E-state index in [2.05, 4.69) is 10.6 Å². The lowest BCUT2D eigenvalue weighted by atomic mass is 10.0. The van der Waals surface area contributed by atoms with Gasteiger partial charge in [0, 0.05) is 24.7 Å². The van der Waals surface area contributed by atoms with Crippen molar-refractivity contribution in [2.24, 2.45) is 0 Å². The Morgan fingerprint density at radius 1 is 0.962 bits per heavy atom. The summed E-state index contributed by atoms with van der Waals surface area (Å²) in [5.41, 5.74) is 1.35. The molecule has 1 aliphatic rings. The molecule has 2 amide bonds. The fraction of sp³-hybridized carbons (Fsp3) is 0.333. The Hall–Kier alpha value is -2.66. The van der Waals surface area contributed by atoms with Gasteiger partial charge in [0.15, 0.2) is 0 Å². The third-order valence-corrected chi connectivity index (χ3v) is 4.91. The van der Waals surface area contributed by atoms with Gasteiger partial charge in [0.05, 0.1) is 0 Å². The molecule has 0 radical (unpaired) electrons. The topological polar surface area (TPSA) is 61.4 Å². The second-order valence-electron chi connectivity index (χ2n) is 6.57. The number of nitrogens with one attached hydrogen (secondary N) is 2. The lowest BCUT2D eigenvalue weighted by molar-refractivity contribution is -0.134. The van der Waals surface area contributed by atoms with Gasteiger partial charge in [-0.2, -0.15) is 0 Å². The molecule has 1 unspecified atom stereocenters. The molecular weight excluding hydrogens is 326 g/mol. The molecule has 0 spiro atoms. The van der Waals surface area contributed by atoms with E-state index >= 15 is 0 Å². The first kappa shape index (κ1) is 18.1. The van der Waals surface area contributed by atoms with Gasteiger partial charge in [0.1, 0.15) is 6.04 Å². The zero-order chi connectivity index (χ0) is 18.4. The summed E-state index contributed by atoms with van der Waals surface area (Å²) >= 11 is 0. The number of likely N-dealkylation sites (tertiary alicyclic amines) is 1. The van der Waals surface area contributed by atoms with E-state index < -0.39 is 6.04 Å². The highest BCUT2D eigenvalue weighted by atomic mass is 16.2. The second kappa shape index (κ2) is 8.63. The normalized spacial score (nSPS) is 16.1. The number of hydrogen-bond acceptors (Lipinski definition) is 3. The van der Waals surface area contributed by atoms with Crippen LogP contribution >= 0.6 is 0 Å². The van der Waals surface area contributed by atoms with Gasteiger partial charge in [-0.1, -0.05) is 48.5 Å². The van der Waals surface area contributed by atoms with E-state index in [1.807, 2.05) is 60.5 Å². The summed E-state index contributed by atoms with van der Waals surface area (Å²) in [7, 11) is 1.95. The van der Waals surface area contributed by atoms with Crippen LogP contribution in [0.2, 0.25) is 0 Å². The summed E-state index contributed by atoms with van der Waals surface area (Å²) in [6.07, 6.45) is 1.85. The number of carbonyl (C=O) groups excluding carboxylic acids is 2. The average molecular weight is 351 g/mol. The molecule has 5 nitrogen and oxygen atoms in total. The maximum Gasteiger partial charge on any atom is 0.252 e. The van der Waals surface area contributed by atoms with E-state index in [1.54, 1.807) is 12.1 Å². The summed E-state index contributed by atoms with van der Waals surface area (Å²) in [4.78, 5) is 27.6. The molecular formula is C21H25N3O2. The standard InChI is InChI=1S/C21H25N3O2/c1-22-18-12-14-24(15-13-18)21(26)19(16-8-4-2-5-9-16)23-20(25)17-10-6-3-7-11-17/h2-11,18-19,22H,12-15H2,1H3,(H,23,25). The minimum absolute atomic E-state index is 0.0463. The Morgan fingerprint density at radius 2 is 1.54 bits per heavy atom. The summed E-state index contributed by atoms with van der Waals surface area (Å²) in [5.74, 6) is -0.284. The fourth-order valence-corrected chi connectivity index (χ4v) is 3.31. The van der Waals surface area contributed by atoms with Crippen molar-refractivity contribution >= 4 is 11.8 Å². The van der Waals surface area contributed by atoms with Crippen LogP contribution in [0.5, 0.6) is 0 Å². The van der Waals surface area contributed by atoms with Crippen molar-refractivity contribution < 1.29 is 9.59 Å². The van der Waals surface area contributed by atoms with Crippen molar-refractivity contribution in [2.45, 2.75) is 24.9 Å². The van der Waals surface area contributed by atoms with Gasteiger partial charge in [0.25, 0.3) is 5.91 Å². The predicted octanol–water partition coefficient (Wildman–Crippen LogP) is 2.37. The highest BCUT2D eigenvalue weighted by Gasteiger charge is 2.30. The molecule has 1 aliphatic heterocycles. The molecule has 1 atom stereocenters. The maximum absolute atomic E-state index is 13.2. The molecule has 0 aromatic heterocycles. The first-order valence-electron chi connectivity index (χ1n) is 9.06. The first-order valence-corrected chi connectivity index (χ1v) is 9.06. The number of piperidine rings is 1. The Kier molecular flexibility index (Phi) is 6.02. The largest absolute Gasteiger partial charge is 0.340 e. The Labute approximate surface area is 154 Å². The number of amides is 2. The van der Waals surface area contributed by atoms with Crippen LogP contribution in [0.4, 0.5) is 0 Å². The summed E-state index contributed by atoms with van der Waals surface area (Å²) in [6.45, 7) is 1.41. The minimum Gasteiger partial charge on any atom is -0.340 e. The quantitative estimate of drug-likeness (QED) is 0.869.